The Morgan fingerprint density at radius 1 is 1.42 bits per heavy atom. The van der Waals surface area contributed by atoms with Gasteiger partial charge in [-0.15, -0.1) is 0 Å². The number of hydrogen-bond acceptors (Lipinski definition) is 4. The van der Waals surface area contributed by atoms with Gasteiger partial charge in [0.2, 0.25) is 10.0 Å². The molecule has 0 saturated carbocycles. The van der Waals surface area contributed by atoms with Gasteiger partial charge in [-0.2, -0.15) is 0 Å². The van der Waals surface area contributed by atoms with Crippen molar-refractivity contribution in [2.45, 2.75) is 24.3 Å². The van der Waals surface area contributed by atoms with Crippen LogP contribution in [0.15, 0.2) is 23.1 Å². The highest BCUT2D eigenvalue weighted by Crippen LogP contribution is 2.21. The molecule has 106 valence electrons. The van der Waals surface area contributed by atoms with Gasteiger partial charge >= 0.3 is 5.97 Å². The minimum Gasteiger partial charge on any atom is -0.478 e. The Balaban J connectivity index is 3.17. The first-order chi connectivity index (χ1) is 8.59. The molecule has 0 aliphatic heterocycles. The number of benzene rings is 1. The van der Waals surface area contributed by atoms with E-state index >= 15 is 0 Å². The van der Waals surface area contributed by atoms with Crippen molar-refractivity contribution in [3.05, 3.63) is 28.8 Å². The summed E-state index contributed by atoms with van der Waals surface area (Å²) in [4.78, 5) is 10.6. The maximum Gasteiger partial charge on any atom is 0.337 e. The van der Waals surface area contributed by atoms with Crippen molar-refractivity contribution in [3.63, 3.8) is 0 Å². The number of sulfonamides is 1. The molecule has 0 unspecified atom stereocenters. The van der Waals surface area contributed by atoms with Gasteiger partial charge in [-0.1, -0.05) is 11.6 Å². The average Bonchev–Trinajstić information content (AvgIpc) is 2.27. The van der Waals surface area contributed by atoms with Crippen molar-refractivity contribution < 1.29 is 23.4 Å². The van der Waals surface area contributed by atoms with Crippen LogP contribution in [0.2, 0.25) is 5.02 Å². The van der Waals surface area contributed by atoms with E-state index in [9.17, 15) is 13.2 Å². The number of carbonyl (C=O) groups is 1. The quantitative estimate of drug-likeness (QED) is 0.755. The number of carboxylic acids is 1. The van der Waals surface area contributed by atoms with E-state index in [1.54, 1.807) is 0 Å². The molecule has 0 aromatic heterocycles. The SMILES string of the molecule is CC(C)(CO)NS(=O)(=O)c1ccc(C(=O)O)c(Cl)c1. The molecule has 3 N–H and O–H groups in total. The Bertz CT molecular complexity index is 597. The molecule has 19 heavy (non-hydrogen) atoms. The number of rotatable bonds is 5. The second-order valence-electron chi connectivity index (χ2n) is 4.59. The van der Waals surface area contributed by atoms with Crippen LogP contribution >= 0.6 is 11.6 Å². The van der Waals surface area contributed by atoms with Crippen LogP contribution in [0.3, 0.4) is 0 Å². The maximum atomic E-state index is 12.0. The highest BCUT2D eigenvalue weighted by atomic mass is 35.5. The minimum atomic E-state index is -3.88. The van der Waals surface area contributed by atoms with E-state index in [1.165, 1.54) is 13.8 Å². The lowest BCUT2D eigenvalue weighted by Crippen LogP contribution is -2.46. The van der Waals surface area contributed by atoms with Crippen molar-refractivity contribution in [2.75, 3.05) is 6.61 Å². The lowest BCUT2D eigenvalue weighted by atomic mass is 10.1. The molecule has 0 saturated heterocycles. The molecule has 0 spiro atoms. The average molecular weight is 308 g/mol. The van der Waals surface area contributed by atoms with E-state index in [1.807, 2.05) is 0 Å². The number of aliphatic hydroxyl groups excluding tert-OH is 1. The van der Waals surface area contributed by atoms with Crippen LogP contribution in [0.5, 0.6) is 0 Å². The summed E-state index contributed by atoms with van der Waals surface area (Å²) in [5.41, 5.74) is -1.21. The third-order valence-electron chi connectivity index (χ3n) is 2.29. The van der Waals surface area contributed by atoms with Gasteiger partial charge in [0, 0.05) is 0 Å². The predicted molar refractivity (Wildman–Crippen MR) is 69.9 cm³/mol. The van der Waals surface area contributed by atoms with Crippen molar-refractivity contribution in [1.29, 1.82) is 0 Å². The molecule has 0 heterocycles. The predicted octanol–water partition coefficient (Wildman–Crippen LogP) is 1.09. The van der Waals surface area contributed by atoms with Gasteiger partial charge in [0.05, 0.1) is 27.6 Å². The Labute approximate surface area is 116 Å². The summed E-state index contributed by atoms with van der Waals surface area (Å²) in [7, 11) is -3.88. The monoisotopic (exact) mass is 307 g/mol. The van der Waals surface area contributed by atoms with Gasteiger partial charge < -0.3 is 10.2 Å². The van der Waals surface area contributed by atoms with Crippen LogP contribution in [-0.4, -0.2) is 36.7 Å². The van der Waals surface area contributed by atoms with Crippen LogP contribution in [0, 0.1) is 0 Å². The number of aromatic carboxylic acids is 1. The molecule has 1 aromatic carbocycles. The van der Waals surface area contributed by atoms with E-state index in [-0.39, 0.29) is 22.1 Å². The highest BCUT2D eigenvalue weighted by Gasteiger charge is 2.26. The summed E-state index contributed by atoms with van der Waals surface area (Å²) in [5.74, 6) is -1.24. The molecule has 0 aliphatic carbocycles. The van der Waals surface area contributed by atoms with E-state index < -0.39 is 21.5 Å². The largest absolute Gasteiger partial charge is 0.478 e. The lowest BCUT2D eigenvalue weighted by Gasteiger charge is -2.23. The summed E-state index contributed by atoms with van der Waals surface area (Å²) in [6, 6.07) is 3.32. The number of aliphatic hydroxyl groups is 1. The molecule has 0 radical (unpaired) electrons. The second kappa shape index (κ2) is 5.46. The van der Waals surface area contributed by atoms with Gasteiger partial charge in [-0.3, -0.25) is 0 Å². The van der Waals surface area contributed by atoms with Crippen LogP contribution in [-0.2, 0) is 10.0 Å². The third kappa shape index (κ3) is 3.90. The molecule has 0 fully saturated rings. The molecule has 0 amide bonds. The van der Waals surface area contributed by atoms with Crippen molar-refractivity contribution in [1.82, 2.24) is 4.72 Å². The zero-order valence-corrected chi connectivity index (χ0v) is 11.9. The molecular formula is C11H14ClNO5S. The second-order valence-corrected chi connectivity index (χ2v) is 6.68. The van der Waals surface area contributed by atoms with Crippen molar-refractivity contribution >= 4 is 27.6 Å². The molecular weight excluding hydrogens is 294 g/mol. The summed E-state index contributed by atoms with van der Waals surface area (Å²) in [5, 5.41) is 17.7. The Morgan fingerprint density at radius 2 is 2.00 bits per heavy atom. The summed E-state index contributed by atoms with van der Waals surface area (Å²) < 4.78 is 26.3. The Kier molecular flexibility index (Phi) is 4.57. The minimum absolute atomic E-state index is 0.163. The Hall–Kier alpha value is -1.15. The molecule has 6 nitrogen and oxygen atoms in total. The maximum absolute atomic E-state index is 12.0. The smallest absolute Gasteiger partial charge is 0.337 e. The van der Waals surface area contributed by atoms with Crippen molar-refractivity contribution in [3.8, 4) is 0 Å². The normalized spacial score (nSPS) is 12.4. The molecule has 8 heteroatoms. The van der Waals surface area contributed by atoms with Gasteiger partial charge in [0.1, 0.15) is 0 Å². The fourth-order valence-electron chi connectivity index (χ4n) is 1.29. The fraction of sp³-hybridized carbons (Fsp3) is 0.364. The molecule has 1 rings (SSSR count). The van der Waals surface area contributed by atoms with Gasteiger partial charge in [-0.25, -0.2) is 17.9 Å². The topological polar surface area (TPSA) is 104 Å². The number of carboxylic acid groups (broad SMARTS) is 1. The number of nitrogens with one attached hydrogen (secondary N) is 1. The number of hydrogen-bond donors (Lipinski definition) is 3. The van der Waals surface area contributed by atoms with E-state index in [0.29, 0.717) is 0 Å². The number of halogens is 1. The molecule has 0 atom stereocenters. The van der Waals surface area contributed by atoms with Crippen LogP contribution in [0.25, 0.3) is 0 Å². The van der Waals surface area contributed by atoms with Gasteiger partial charge in [-0.05, 0) is 32.0 Å². The summed E-state index contributed by atoms with van der Waals surface area (Å²) >= 11 is 5.71. The van der Waals surface area contributed by atoms with Crippen LogP contribution < -0.4 is 4.72 Å². The molecule has 1 aromatic rings. The molecule has 0 aliphatic rings. The lowest BCUT2D eigenvalue weighted by molar-refractivity contribution is 0.0697. The summed E-state index contributed by atoms with van der Waals surface area (Å²) in [6.45, 7) is 2.64. The zero-order chi connectivity index (χ0) is 14.8. The van der Waals surface area contributed by atoms with E-state index in [2.05, 4.69) is 4.72 Å². The first kappa shape index (κ1) is 15.9. The fourth-order valence-corrected chi connectivity index (χ4v) is 3.05. The standard InChI is InChI=1S/C11H14ClNO5S/c1-11(2,6-14)13-19(17,18)7-3-4-8(10(15)16)9(12)5-7/h3-5,13-14H,6H2,1-2H3,(H,15,16). The summed E-state index contributed by atoms with van der Waals surface area (Å²) in [6.07, 6.45) is 0. The van der Waals surface area contributed by atoms with E-state index in [4.69, 9.17) is 21.8 Å². The first-order valence-corrected chi connectivity index (χ1v) is 7.13. The zero-order valence-electron chi connectivity index (χ0n) is 10.3. The highest BCUT2D eigenvalue weighted by molar-refractivity contribution is 7.89. The van der Waals surface area contributed by atoms with Crippen LogP contribution in [0.1, 0.15) is 24.2 Å². The first-order valence-electron chi connectivity index (χ1n) is 5.27. The molecule has 0 bridgehead atoms. The third-order valence-corrected chi connectivity index (χ3v) is 4.30. The van der Waals surface area contributed by atoms with Crippen LogP contribution in [0.4, 0.5) is 0 Å². The van der Waals surface area contributed by atoms with Crippen molar-refractivity contribution in [2.24, 2.45) is 0 Å². The van der Waals surface area contributed by atoms with Gasteiger partial charge in [0.25, 0.3) is 0 Å². The van der Waals surface area contributed by atoms with Gasteiger partial charge in [0.15, 0.2) is 0 Å². The Morgan fingerprint density at radius 3 is 2.42 bits per heavy atom. The van der Waals surface area contributed by atoms with E-state index in [0.717, 1.165) is 18.2 Å².